The van der Waals surface area contributed by atoms with Gasteiger partial charge in [-0.05, 0) is 62.4 Å². The quantitative estimate of drug-likeness (QED) is 0.395. The zero-order chi connectivity index (χ0) is 25.9. The van der Waals surface area contributed by atoms with Crippen LogP contribution in [-0.2, 0) is 27.3 Å². The van der Waals surface area contributed by atoms with Crippen LogP contribution in [0.5, 0.6) is 0 Å². The Hall–Kier alpha value is -3.98. The van der Waals surface area contributed by atoms with Crippen molar-refractivity contribution in [3.05, 3.63) is 71.9 Å². The Balaban J connectivity index is 0.000000392. The maximum atomic E-state index is 11.2. The van der Waals surface area contributed by atoms with Crippen LogP contribution in [0.4, 0.5) is 5.69 Å². The molecule has 3 aromatic rings. The van der Waals surface area contributed by atoms with Crippen molar-refractivity contribution in [3.63, 3.8) is 0 Å². The Labute approximate surface area is 209 Å². The highest BCUT2D eigenvalue weighted by Gasteiger charge is 2.20. The fourth-order valence-corrected chi connectivity index (χ4v) is 4.21. The molecule has 190 valence electrons. The molecule has 9 nitrogen and oxygen atoms in total. The van der Waals surface area contributed by atoms with Gasteiger partial charge in [-0.2, -0.15) is 0 Å². The molecular formula is C27H31N3O6. The number of likely N-dealkylation sites (tertiary alicyclic amines) is 1. The van der Waals surface area contributed by atoms with Crippen LogP contribution in [0.25, 0.3) is 11.0 Å². The van der Waals surface area contributed by atoms with Crippen molar-refractivity contribution in [2.24, 2.45) is 5.92 Å². The van der Waals surface area contributed by atoms with E-state index in [1.165, 1.54) is 38.4 Å². The zero-order valence-electron chi connectivity index (χ0n) is 20.2. The number of amides is 1. The number of benzene rings is 2. The first-order chi connectivity index (χ1) is 17.3. The molecule has 4 rings (SSSR count). The number of aryl methyl sites for hydroxylation is 1. The van der Waals surface area contributed by atoms with Gasteiger partial charge in [0.15, 0.2) is 5.58 Å². The molecule has 36 heavy (non-hydrogen) atoms. The lowest BCUT2D eigenvalue weighted by Gasteiger charge is -2.31. The molecule has 0 bridgehead atoms. The summed E-state index contributed by atoms with van der Waals surface area (Å²) in [5, 5.41) is 23.7. The third kappa shape index (κ3) is 8.66. The van der Waals surface area contributed by atoms with E-state index >= 15 is 0 Å². The van der Waals surface area contributed by atoms with Crippen LogP contribution in [0.1, 0.15) is 37.4 Å². The first kappa shape index (κ1) is 26.6. The molecular weight excluding hydrogens is 462 g/mol. The molecule has 0 unspecified atom stereocenters. The van der Waals surface area contributed by atoms with Crippen LogP contribution in [0.3, 0.4) is 0 Å². The monoisotopic (exact) mass is 493 g/mol. The largest absolute Gasteiger partial charge is 0.478 e. The SMILES string of the molecule is CC(=O)Nc1ccc2c(CCC3CCN(Cc4ccccc4)CC3)noc2c1.O=C(O)/C=C/C(=O)O. The molecule has 1 aliphatic rings. The van der Waals surface area contributed by atoms with E-state index in [0.29, 0.717) is 12.2 Å². The first-order valence-electron chi connectivity index (χ1n) is 11.9. The molecule has 3 N–H and O–H groups in total. The molecule has 1 saturated heterocycles. The minimum absolute atomic E-state index is 0.0855. The van der Waals surface area contributed by atoms with Crippen molar-refractivity contribution in [2.75, 3.05) is 18.4 Å². The molecule has 0 atom stereocenters. The zero-order valence-corrected chi connectivity index (χ0v) is 20.2. The van der Waals surface area contributed by atoms with Crippen LogP contribution >= 0.6 is 0 Å². The number of fused-ring (bicyclic) bond motifs is 1. The summed E-state index contributed by atoms with van der Waals surface area (Å²) in [4.78, 5) is 32.9. The smallest absolute Gasteiger partial charge is 0.328 e. The molecule has 9 heteroatoms. The van der Waals surface area contributed by atoms with Gasteiger partial charge < -0.3 is 20.1 Å². The van der Waals surface area contributed by atoms with Crippen LogP contribution in [0, 0.1) is 5.92 Å². The lowest BCUT2D eigenvalue weighted by atomic mass is 9.91. The fourth-order valence-electron chi connectivity index (χ4n) is 4.21. The number of anilines is 1. The van der Waals surface area contributed by atoms with E-state index < -0.39 is 11.9 Å². The first-order valence-corrected chi connectivity index (χ1v) is 11.9. The van der Waals surface area contributed by atoms with Gasteiger partial charge in [0, 0.05) is 42.8 Å². The van der Waals surface area contributed by atoms with Crippen molar-refractivity contribution in [2.45, 2.75) is 39.2 Å². The number of carbonyl (C=O) groups is 3. The summed E-state index contributed by atoms with van der Waals surface area (Å²) >= 11 is 0. The highest BCUT2D eigenvalue weighted by atomic mass is 16.5. The Morgan fingerprint density at radius 1 is 1.06 bits per heavy atom. The Kier molecular flexibility index (Phi) is 9.76. The normalized spacial score (nSPS) is 14.4. The molecule has 0 aliphatic carbocycles. The van der Waals surface area contributed by atoms with Gasteiger partial charge in [-0.15, -0.1) is 0 Å². The van der Waals surface area contributed by atoms with Gasteiger partial charge in [-0.25, -0.2) is 9.59 Å². The highest BCUT2D eigenvalue weighted by Crippen LogP contribution is 2.27. The number of rotatable bonds is 8. The lowest BCUT2D eigenvalue weighted by molar-refractivity contribution is -0.134. The summed E-state index contributed by atoms with van der Waals surface area (Å²) < 4.78 is 5.49. The molecule has 0 spiro atoms. The predicted octanol–water partition coefficient (Wildman–Crippen LogP) is 4.34. The van der Waals surface area contributed by atoms with E-state index in [1.807, 2.05) is 18.2 Å². The van der Waals surface area contributed by atoms with Gasteiger partial charge in [0.05, 0.1) is 5.69 Å². The topological polar surface area (TPSA) is 133 Å². The maximum Gasteiger partial charge on any atom is 0.328 e. The molecule has 2 aromatic carbocycles. The average molecular weight is 494 g/mol. The highest BCUT2D eigenvalue weighted by molar-refractivity contribution is 5.92. The number of carboxylic acid groups (broad SMARTS) is 2. The van der Waals surface area contributed by atoms with Gasteiger partial charge >= 0.3 is 11.9 Å². The predicted molar refractivity (Wildman–Crippen MR) is 135 cm³/mol. The summed E-state index contributed by atoms with van der Waals surface area (Å²) in [6.07, 6.45) is 5.69. The van der Waals surface area contributed by atoms with Crippen molar-refractivity contribution in [3.8, 4) is 0 Å². The molecule has 0 radical (unpaired) electrons. The molecule has 1 aromatic heterocycles. The second-order valence-corrected chi connectivity index (χ2v) is 8.77. The average Bonchev–Trinajstić information content (AvgIpc) is 3.25. The number of hydrogen-bond acceptors (Lipinski definition) is 6. The number of piperidine rings is 1. The molecule has 1 aliphatic heterocycles. The number of carbonyl (C=O) groups excluding carboxylic acids is 1. The Morgan fingerprint density at radius 2 is 1.72 bits per heavy atom. The minimum Gasteiger partial charge on any atom is -0.478 e. The molecule has 2 heterocycles. The number of aromatic nitrogens is 1. The van der Waals surface area contributed by atoms with Gasteiger partial charge in [0.25, 0.3) is 0 Å². The van der Waals surface area contributed by atoms with Crippen molar-refractivity contribution >= 4 is 34.5 Å². The van der Waals surface area contributed by atoms with E-state index in [1.54, 1.807) is 0 Å². The number of hydrogen-bond donors (Lipinski definition) is 3. The number of nitrogens with one attached hydrogen (secondary N) is 1. The fraction of sp³-hybridized carbons (Fsp3) is 0.333. The van der Waals surface area contributed by atoms with E-state index in [2.05, 4.69) is 45.7 Å². The van der Waals surface area contributed by atoms with E-state index in [-0.39, 0.29) is 5.91 Å². The molecule has 0 saturated carbocycles. The third-order valence-electron chi connectivity index (χ3n) is 5.98. The van der Waals surface area contributed by atoms with E-state index in [9.17, 15) is 14.4 Å². The van der Waals surface area contributed by atoms with Crippen molar-refractivity contribution in [1.82, 2.24) is 10.1 Å². The van der Waals surface area contributed by atoms with Gasteiger partial charge in [-0.3, -0.25) is 9.69 Å². The number of aliphatic carboxylic acids is 2. The third-order valence-corrected chi connectivity index (χ3v) is 5.98. The second kappa shape index (κ2) is 13.2. The van der Waals surface area contributed by atoms with Gasteiger partial charge in [-0.1, -0.05) is 35.5 Å². The van der Waals surface area contributed by atoms with Gasteiger partial charge in [0.1, 0.15) is 0 Å². The molecule has 1 amide bonds. The summed E-state index contributed by atoms with van der Waals surface area (Å²) in [5.74, 6) is -1.85. The molecule has 1 fully saturated rings. The number of nitrogens with zero attached hydrogens (tertiary/aromatic N) is 2. The Bertz CT molecular complexity index is 1180. The summed E-state index contributed by atoms with van der Waals surface area (Å²) in [5.41, 5.74) is 3.90. The summed E-state index contributed by atoms with van der Waals surface area (Å²) in [6.45, 7) is 4.89. The summed E-state index contributed by atoms with van der Waals surface area (Å²) in [7, 11) is 0. The van der Waals surface area contributed by atoms with Crippen molar-refractivity contribution in [1.29, 1.82) is 0 Å². The standard InChI is InChI=1S/C23H27N3O2.C4H4O4/c1-17(27)24-20-8-9-21-22(25-28-23(21)15-20)10-7-18-11-13-26(14-12-18)16-19-5-3-2-4-6-19;5-3(6)1-2-4(7)8/h2-6,8-9,15,18H,7,10-14,16H2,1H3,(H,24,27);1-2H,(H,5,6)(H,7,8)/b;2-1+. The van der Waals surface area contributed by atoms with Crippen LogP contribution < -0.4 is 5.32 Å². The van der Waals surface area contributed by atoms with Crippen LogP contribution in [-0.4, -0.2) is 51.2 Å². The van der Waals surface area contributed by atoms with E-state index in [4.69, 9.17) is 14.7 Å². The van der Waals surface area contributed by atoms with Crippen molar-refractivity contribution < 1.29 is 29.1 Å². The maximum absolute atomic E-state index is 11.2. The second-order valence-electron chi connectivity index (χ2n) is 8.77. The lowest BCUT2D eigenvalue weighted by Crippen LogP contribution is -2.33. The number of carboxylic acids is 2. The van der Waals surface area contributed by atoms with Crippen LogP contribution in [0.15, 0.2) is 65.2 Å². The summed E-state index contributed by atoms with van der Waals surface area (Å²) in [6, 6.07) is 16.5. The van der Waals surface area contributed by atoms with Gasteiger partial charge in [0.2, 0.25) is 5.91 Å². The Morgan fingerprint density at radius 3 is 2.33 bits per heavy atom. The van der Waals surface area contributed by atoms with Crippen LogP contribution in [0.2, 0.25) is 0 Å². The minimum atomic E-state index is -1.26. The van der Waals surface area contributed by atoms with E-state index in [0.717, 1.165) is 47.7 Å².